The van der Waals surface area contributed by atoms with Crippen molar-refractivity contribution in [1.29, 1.82) is 0 Å². The summed E-state index contributed by atoms with van der Waals surface area (Å²) in [6, 6.07) is 0.775. The van der Waals surface area contributed by atoms with Crippen molar-refractivity contribution in [2.75, 3.05) is 51.7 Å². The summed E-state index contributed by atoms with van der Waals surface area (Å²) in [6.45, 7) is 13.6. The normalized spacial score (nSPS) is 24.4. The second-order valence-corrected chi connectivity index (χ2v) is 9.18. The Morgan fingerprint density at radius 1 is 1.19 bits per heavy atom. The maximum absolute atomic E-state index is 5.58. The third-order valence-corrected chi connectivity index (χ3v) is 7.07. The summed E-state index contributed by atoms with van der Waals surface area (Å²) in [6.07, 6.45) is 7.61. The first-order valence-corrected chi connectivity index (χ1v) is 11.7. The van der Waals surface area contributed by atoms with Crippen molar-refractivity contribution < 1.29 is 4.74 Å². The Bertz CT molecular complexity index is 407. The van der Waals surface area contributed by atoms with Gasteiger partial charge in [0.25, 0.3) is 0 Å². The maximum atomic E-state index is 5.58. The zero-order chi connectivity index (χ0) is 18.7. The molecule has 2 aliphatic rings. The average molecular weight is 385 g/mol. The van der Waals surface area contributed by atoms with E-state index in [9.17, 15) is 0 Å². The maximum Gasteiger partial charge on any atom is 0.191 e. The minimum atomic E-state index is 0.259. The number of aliphatic imine (C=N–C) groups is 1. The number of hydrogen-bond donors (Lipinski definition) is 2. The largest absolute Gasteiger partial charge is 0.381 e. The van der Waals surface area contributed by atoms with Crippen LogP contribution in [0.5, 0.6) is 0 Å². The summed E-state index contributed by atoms with van der Waals surface area (Å²) in [7, 11) is 0. The fraction of sp³-hybridized carbons (Fsp3) is 0.950. The van der Waals surface area contributed by atoms with Crippen LogP contribution in [0.2, 0.25) is 0 Å². The first-order valence-electron chi connectivity index (χ1n) is 10.7. The highest BCUT2D eigenvalue weighted by atomic mass is 32.2. The predicted octanol–water partition coefficient (Wildman–Crippen LogP) is 3.11. The molecule has 2 saturated heterocycles. The van der Waals surface area contributed by atoms with Gasteiger partial charge in [-0.05, 0) is 51.3 Å². The van der Waals surface area contributed by atoms with Gasteiger partial charge in [0, 0.05) is 43.6 Å². The second kappa shape index (κ2) is 12.1. The van der Waals surface area contributed by atoms with Gasteiger partial charge >= 0.3 is 0 Å². The molecule has 0 aliphatic carbocycles. The van der Waals surface area contributed by atoms with Crippen molar-refractivity contribution in [2.24, 2.45) is 4.99 Å². The predicted molar refractivity (Wildman–Crippen MR) is 114 cm³/mol. The van der Waals surface area contributed by atoms with Crippen LogP contribution in [0.3, 0.4) is 0 Å². The molecule has 2 N–H and O–H groups in total. The summed E-state index contributed by atoms with van der Waals surface area (Å²) < 4.78 is 5.84. The van der Waals surface area contributed by atoms with Gasteiger partial charge in [0.15, 0.2) is 5.96 Å². The Kier molecular flexibility index (Phi) is 10.2. The molecule has 0 aromatic heterocycles. The van der Waals surface area contributed by atoms with E-state index in [1.54, 1.807) is 0 Å². The van der Waals surface area contributed by atoms with Crippen molar-refractivity contribution in [3.05, 3.63) is 0 Å². The molecule has 2 fully saturated rings. The summed E-state index contributed by atoms with van der Waals surface area (Å²) in [5, 5.41) is 6.99. The van der Waals surface area contributed by atoms with Crippen LogP contribution in [0.15, 0.2) is 4.99 Å². The molecule has 0 saturated carbocycles. The number of hydrogen-bond acceptors (Lipinski definition) is 4. The first-order chi connectivity index (χ1) is 12.7. The van der Waals surface area contributed by atoms with Crippen molar-refractivity contribution >= 4 is 17.7 Å². The van der Waals surface area contributed by atoms with Crippen LogP contribution < -0.4 is 10.6 Å². The number of ether oxygens (including phenoxy) is 1. The zero-order valence-electron chi connectivity index (χ0n) is 17.2. The lowest BCUT2D eigenvalue weighted by Gasteiger charge is -2.36. The van der Waals surface area contributed by atoms with Crippen LogP contribution in [0.1, 0.15) is 59.3 Å². The Morgan fingerprint density at radius 2 is 2.00 bits per heavy atom. The Balaban J connectivity index is 1.85. The van der Waals surface area contributed by atoms with Gasteiger partial charge < -0.3 is 15.4 Å². The Morgan fingerprint density at radius 3 is 2.69 bits per heavy atom. The minimum Gasteiger partial charge on any atom is -0.381 e. The van der Waals surface area contributed by atoms with E-state index < -0.39 is 0 Å². The fourth-order valence-corrected chi connectivity index (χ4v) is 5.32. The summed E-state index contributed by atoms with van der Waals surface area (Å²) in [5.74, 6) is 2.12. The third-order valence-electron chi connectivity index (χ3n) is 5.64. The molecule has 2 aliphatic heterocycles. The van der Waals surface area contributed by atoms with E-state index in [-0.39, 0.29) is 4.75 Å². The van der Waals surface area contributed by atoms with Crippen LogP contribution in [0.25, 0.3) is 0 Å². The monoisotopic (exact) mass is 384 g/mol. The van der Waals surface area contributed by atoms with Gasteiger partial charge in [-0.25, -0.2) is 0 Å². The molecule has 5 nitrogen and oxygen atoms in total. The summed E-state index contributed by atoms with van der Waals surface area (Å²) in [4.78, 5) is 7.61. The molecular weight excluding hydrogens is 344 g/mol. The molecule has 2 heterocycles. The van der Waals surface area contributed by atoms with Crippen LogP contribution in [-0.2, 0) is 4.74 Å². The topological polar surface area (TPSA) is 48.9 Å². The van der Waals surface area contributed by atoms with E-state index in [1.807, 2.05) is 0 Å². The molecule has 0 spiro atoms. The SMILES string of the molecule is CCNC(=NCC1(SCC)CCOCC1)NCCN1CCCCC1CC. The number of likely N-dealkylation sites (tertiary alicyclic amines) is 1. The standard InChI is InChI=1S/C20H40N4OS/c1-4-18-9-7-8-13-24(18)14-12-22-19(21-5-2)23-17-20(26-6-3)10-15-25-16-11-20/h18H,4-17H2,1-3H3,(H2,21,22,23). The molecule has 1 unspecified atom stereocenters. The number of thioether (sulfide) groups is 1. The number of nitrogens with zero attached hydrogens (tertiary/aromatic N) is 2. The van der Waals surface area contributed by atoms with E-state index in [0.29, 0.717) is 0 Å². The van der Waals surface area contributed by atoms with Gasteiger partial charge in [-0.2, -0.15) is 11.8 Å². The van der Waals surface area contributed by atoms with Gasteiger partial charge in [0.1, 0.15) is 0 Å². The fourth-order valence-electron chi connectivity index (χ4n) is 4.10. The van der Waals surface area contributed by atoms with E-state index >= 15 is 0 Å². The molecule has 26 heavy (non-hydrogen) atoms. The highest BCUT2D eigenvalue weighted by Crippen LogP contribution is 2.35. The summed E-state index contributed by atoms with van der Waals surface area (Å²) in [5.41, 5.74) is 0. The highest BCUT2D eigenvalue weighted by molar-refractivity contribution is 8.00. The molecule has 1 atom stereocenters. The lowest BCUT2D eigenvalue weighted by atomic mass is 9.99. The molecular formula is C20H40N4OS. The van der Waals surface area contributed by atoms with E-state index in [0.717, 1.165) is 70.0 Å². The van der Waals surface area contributed by atoms with Gasteiger partial charge in [-0.1, -0.05) is 20.3 Å². The minimum absolute atomic E-state index is 0.259. The Hall–Kier alpha value is -0.460. The zero-order valence-corrected chi connectivity index (χ0v) is 18.0. The molecule has 0 aromatic rings. The third kappa shape index (κ3) is 6.93. The summed E-state index contributed by atoms with van der Waals surface area (Å²) >= 11 is 2.06. The molecule has 152 valence electrons. The molecule has 2 rings (SSSR count). The van der Waals surface area contributed by atoms with Crippen molar-refractivity contribution in [1.82, 2.24) is 15.5 Å². The van der Waals surface area contributed by atoms with Gasteiger partial charge in [0.2, 0.25) is 0 Å². The van der Waals surface area contributed by atoms with E-state index in [2.05, 4.69) is 48.1 Å². The molecule has 0 radical (unpaired) electrons. The van der Waals surface area contributed by atoms with Crippen molar-refractivity contribution in [2.45, 2.75) is 70.1 Å². The van der Waals surface area contributed by atoms with Crippen LogP contribution >= 0.6 is 11.8 Å². The molecule has 6 heteroatoms. The lowest BCUT2D eigenvalue weighted by molar-refractivity contribution is 0.0793. The smallest absolute Gasteiger partial charge is 0.191 e. The average Bonchev–Trinajstić information content (AvgIpc) is 2.67. The van der Waals surface area contributed by atoms with Crippen LogP contribution in [0.4, 0.5) is 0 Å². The number of rotatable bonds is 9. The highest BCUT2D eigenvalue weighted by Gasteiger charge is 2.32. The van der Waals surface area contributed by atoms with Gasteiger partial charge in [-0.3, -0.25) is 9.89 Å². The lowest BCUT2D eigenvalue weighted by Crippen LogP contribution is -2.46. The second-order valence-electron chi connectivity index (χ2n) is 7.44. The quantitative estimate of drug-likeness (QED) is 0.472. The first kappa shape index (κ1) is 21.8. The van der Waals surface area contributed by atoms with E-state index in [4.69, 9.17) is 9.73 Å². The number of piperidine rings is 1. The van der Waals surface area contributed by atoms with Crippen LogP contribution in [-0.4, -0.2) is 73.3 Å². The van der Waals surface area contributed by atoms with Crippen LogP contribution in [0, 0.1) is 0 Å². The van der Waals surface area contributed by atoms with Crippen molar-refractivity contribution in [3.63, 3.8) is 0 Å². The number of nitrogens with one attached hydrogen (secondary N) is 2. The van der Waals surface area contributed by atoms with E-state index in [1.165, 1.54) is 32.2 Å². The van der Waals surface area contributed by atoms with Gasteiger partial charge in [0.05, 0.1) is 6.54 Å². The van der Waals surface area contributed by atoms with Crippen molar-refractivity contribution in [3.8, 4) is 0 Å². The molecule has 0 bridgehead atoms. The number of guanidine groups is 1. The molecule has 0 amide bonds. The van der Waals surface area contributed by atoms with Gasteiger partial charge in [-0.15, -0.1) is 0 Å². The molecule has 0 aromatic carbocycles. The Labute approximate surface area is 165 Å².